The molecule has 0 heterocycles. The number of hydrogen-bond donors (Lipinski definition) is 0. The Morgan fingerprint density at radius 1 is 1.25 bits per heavy atom. The van der Waals surface area contributed by atoms with Crippen LogP contribution >= 0.6 is 0 Å². The third-order valence-electron chi connectivity index (χ3n) is 3.09. The van der Waals surface area contributed by atoms with E-state index in [-0.39, 0.29) is 18.3 Å². The zero-order chi connectivity index (χ0) is 15.1. The van der Waals surface area contributed by atoms with Crippen LogP contribution in [-0.2, 0) is 9.53 Å². The van der Waals surface area contributed by atoms with Gasteiger partial charge in [-0.25, -0.2) is 0 Å². The number of carbonyl (C=O) groups excluding carboxylic acids is 2. The maximum Gasteiger partial charge on any atom is 0.307 e. The summed E-state index contributed by atoms with van der Waals surface area (Å²) in [5, 5.41) is 0. The lowest BCUT2D eigenvalue weighted by Gasteiger charge is -2.21. The second-order valence-corrected chi connectivity index (χ2v) is 4.66. The van der Waals surface area contributed by atoms with Gasteiger partial charge in [-0.1, -0.05) is 6.07 Å². The largest absolute Gasteiger partial charge is 0.469 e. The molecule has 0 saturated heterocycles. The number of rotatable bonds is 6. The molecule has 0 fully saturated rings. The molecule has 0 saturated carbocycles. The van der Waals surface area contributed by atoms with E-state index in [1.165, 1.54) is 7.11 Å². The fourth-order valence-corrected chi connectivity index (χ4v) is 1.83. The van der Waals surface area contributed by atoms with Crippen LogP contribution in [0.1, 0.15) is 23.7 Å². The van der Waals surface area contributed by atoms with Gasteiger partial charge in [0, 0.05) is 38.4 Å². The number of anilines is 1. The Kier molecular flexibility index (Phi) is 6.03. The minimum absolute atomic E-state index is 0.0693. The van der Waals surface area contributed by atoms with Gasteiger partial charge in [-0.3, -0.25) is 9.59 Å². The maximum atomic E-state index is 12.4. The van der Waals surface area contributed by atoms with Gasteiger partial charge in [0.05, 0.1) is 13.5 Å². The van der Waals surface area contributed by atoms with Crippen LogP contribution in [0.25, 0.3) is 0 Å². The van der Waals surface area contributed by atoms with Gasteiger partial charge in [-0.15, -0.1) is 0 Å². The average molecular weight is 278 g/mol. The predicted molar refractivity (Wildman–Crippen MR) is 79.0 cm³/mol. The van der Waals surface area contributed by atoms with Crippen LogP contribution < -0.4 is 4.90 Å². The van der Waals surface area contributed by atoms with Crippen LogP contribution in [0, 0.1) is 0 Å². The van der Waals surface area contributed by atoms with Crippen LogP contribution in [0.5, 0.6) is 0 Å². The molecule has 1 amide bonds. The third kappa shape index (κ3) is 4.26. The minimum atomic E-state index is -0.307. The van der Waals surface area contributed by atoms with Gasteiger partial charge in [0.2, 0.25) is 0 Å². The standard InChI is InChI=1S/C15H22N2O3/c1-5-17(10-9-14(18)20-4)15(19)12-7-6-8-13(11-12)16(2)3/h6-8,11H,5,9-10H2,1-4H3. The van der Waals surface area contributed by atoms with Crippen molar-refractivity contribution < 1.29 is 14.3 Å². The minimum Gasteiger partial charge on any atom is -0.469 e. The van der Waals surface area contributed by atoms with Crippen molar-refractivity contribution in [3.8, 4) is 0 Å². The Morgan fingerprint density at radius 2 is 1.95 bits per heavy atom. The first-order valence-corrected chi connectivity index (χ1v) is 6.63. The highest BCUT2D eigenvalue weighted by Crippen LogP contribution is 2.15. The molecule has 1 aromatic carbocycles. The first kappa shape index (κ1) is 16.0. The van der Waals surface area contributed by atoms with Crippen molar-refractivity contribution in [2.24, 2.45) is 0 Å². The van der Waals surface area contributed by atoms with Crippen molar-refractivity contribution in [2.45, 2.75) is 13.3 Å². The van der Waals surface area contributed by atoms with Crippen LogP contribution in [0.3, 0.4) is 0 Å². The van der Waals surface area contributed by atoms with Crippen molar-refractivity contribution in [2.75, 3.05) is 39.2 Å². The molecule has 0 spiro atoms. The number of amides is 1. The summed E-state index contributed by atoms with van der Waals surface area (Å²) < 4.78 is 4.60. The summed E-state index contributed by atoms with van der Waals surface area (Å²) in [5.41, 5.74) is 1.60. The van der Waals surface area contributed by atoms with Crippen LogP contribution in [0.4, 0.5) is 5.69 Å². The highest BCUT2D eigenvalue weighted by atomic mass is 16.5. The molecule has 5 heteroatoms. The molecule has 1 rings (SSSR count). The lowest BCUT2D eigenvalue weighted by atomic mass is 10.1. The van der Waals surface area contributed by atoms with Crippen LogP contribution in [-0.4, -0.2) is 51.1 Å². The van der Waals surface area contributed by atoms with E-state index in [1.807, 2.05) is 44.1 Å². The molecular weight excluding hydrogens is 256 g/mol. The van der Waals surface area contributed by atoms with Crippen molar-refractivity contribution in [1.29, 1.82) is 0 Å². The molecule has 0 N–H and O–H groups in total. The summed E-state index contributed by atoms with van der Waals surface area (Å²) in [6.45, 7) is 2.82. The van der Waals surface area contributed by atoms with Crippen molar-refractivity contribution in [3.05, 3.63) is 29.8 Å². The first-order valence-electron chi connectivity index (χ1n) is 6.63. The maximum absolute atomic E-state index is 12.4. The van der Waals surface area contributed by atoms with Crippen molar-refractivity contribution >= 4 is 17.6 Å². The van der Waals surface area contributed by atoms with Gasteiger partial charge >= 0.3 is 5.97 Å². The van der Waals surface area contributed by atoms with E-state index in [0.717, 1.165) is 5.69 Å². The van der Waals surface area contributed by atoms with Crippen LogP contribution in [0.15, 0.2) is 24.3 Å². The quantitative estimate of drug-likeness (QED) is 0.744. The smallest absolute Gasteiger partial charge is 0.307 e. The van der Waals surface area contributed by atoms with Gasteiger partial charge in [0.25, 0.3) is 5.91 Å². The highest BCUT2D eigenvalue weighted by Gasteiger charge is 2.16. The Hall–Kier alpha value is -2.04. The molecule has 20 heavy (non-hydrogen) atoms. The van der Waals surface area contributed by atoms with E-state index < -0.39 is 0 Å². The molecule has 0 aliphatic heterocycles. The molecule has 5 nitrogen and oxygen atoms in total. The fourth-order valence-electron chi connectivity index (χ4n) is 1.83. The number of carbonyl (C=O) groups is 2. The van der Waals surface area contributed by atoms with Crippen molar-refractivity contribution in [3.63, 3.8) is 0 Å². The Labute approximate surface area is 120 Å². The molecule has 0 bridgehead atoms. The lowest BCUT2D eigenvalue weighted by Crippen LogP contribution is -2.33. The molecule has 0 aromatic heterocycles. The predicted octanol–water partition coefficient (Wildman–Crippen LogP) is 1.78. The number of hydrogen-bond acceptors (Lipinski definition) is 4. The van der Waals surface area contributed by atoms with Gasteiger partial charge in [-0.2, -0.15) is 0 Å². The number of methoxy groups -OCH3 is 1. The summed E-state index contributed by atoms with van der Waals surface area (Å²) in [6.07, 6.45) is 0.212. The molecule has 0 atom stereocenters. The number of ether oxygens (including phenoxy) is 1. The van der Waals surface area contributed by atoms with E-state index >= 15 is 0 Å². The third-order valence-corrected chi connectivity index (χ3v) is 3.09. The highest BCUT2D eigenvalue weighted by molar-refractivity contribution is 5.95. The average Bonchev–Trinajstić information content (AvgIpc) is 2.47. The molecule has 0 unspecified atom stereocenters. The van der Waals surface area contributed by atoms with Gasteiger partial charge in [0.15, 0.2) is 0 Å². The second kappa shape index (κ2) is 7.53. The summed E-state index contributed by atoms with van der Waals surface area (Å²) in [4.78, 5) is 27.2. The Balaban J connectivity index is 2.80. The van der Waals surface area contributed by atoms with Crippen LogP contribution in [0.2, 0.25) is 0 Å². The van der Waals surface area contributed by atoms with E-state index in [0.29, 0.717) is 18.7 Å². The van der Waals surface area contributed by atoms with E-state index in [1.54, 1.807) is 11.0 Å². The summed E-state index contributed by atoms with van der Waals surface area (Å²) in [7, 11) is 5.21. The van der Waals surface area contributed by atoms with Crippen molar-refractivity contribution in [1.82, 2.24) is 4.90 Å². The van der Waals surface area contributed by atoms with E-state index in [2.05, 4.69) is 4.74 Å². The molecule has 0 aliphatic rings. The molecule has 0 radical (unpaired) electrons. The monoisotopic (exact) mass is 278 g/mol. The van der Waals surface area contributed by atoms with Gasteiger partial charge in [-0.05, 0) is 25.1 Å². The topological polar surface area (TPSA) is 49.9 Å². The normalized spacial score (nSPS) is 10.0. The second-order valence-electron chi connectivity index (χ2n) is 4.66. The fraction of sp³-hybridized carbons (Fsp3) is 0.467. The zero-order valence-corrected chi connectivity index (χ0v) is 12.5. The Morgan fingerprint density at radius 3 is 2.50 bits per heavy atom. The van der Waals surface area contributed by atoms with E-state index in [4.69, 9.17) is 0 Å². The van der Waals surface area contributed by atoms with Gasteiger partial charge < -0.3 is 14.5 Å². The molecule has 0 aliphatic carbocycles. The summed E-state index contributed by atoms with van der Waals surface area (Å²) in [5.74, 6) is -0.376. The molecular formula is C15H22N2O3. The van der Waals surface area contributed by atoms with E-state index in [9.17, 15) is 9.59 Å². The number of nitrogens with zero attached hydrogens (tertiary/aromatic N) is 2. The summed E-state index contributed by atoms with van der Waals surface area (Å²) in [6, 6.07) is 7.44. The zero-order valence-electron chi connectivity index (χ0n) is 12.5. The number of benzene rings is 1. The molecule has 1 aromatic rings. The Bertz CT molecular complexity index is 472. The first-order chi connectivity index (χ1) is 9.49. The molecule has 110 valence electrons. The number of esters is 1. The summed E-state index contributed by atoms with van der Waals surface area (Å²) >= 11 is 0. The SMILES string of the molecule is CCN(CCC(=O)OC)C(=O)c1cccc(N(C)C)c1. The lowest BCUT2D eigenvalue weighted by molar-refractivity contribution is -0.140. The van der Waals surface area contributed by atoms with Gasteiger partial charge in [0.1, 0.15) is 0 Å².